The second-order valence-electron chi connectivity index (χ2n) is 5.18. The number of thiol groups is 1. The number of Topliss-reactive ketones (excluding diaryl/α,β-unsaturated/α-hetero) is 1. The number of rotatable bonds is 1. The van der Waals surface area contributed by atoms with Crippen LogP contribution in [0.4, 0.5) is 0 Å². The number of carbonyl (C=O) groups excluding carboxylic acids is 1. The lowest BCUT2D eigenvalue weighted by atomic mass is 9.82. The van der Waals surface area contributed by atoms with Crippen LogP contribution in [0.5, 0.6) is 0 Å². The minimum Gasteiger partial charge on any atom is -0.477 e. The van der Waals surface area contributed by atoms with E-state index in [1.807, 2.05) is 24.3 Å². The van der Waals surface area contributed by atoms with Gasteiger partial charge in [0.05, 0.1) is 0 Å². The lowest BCUT2D eigenvalue weighted by Crippen LogP contribution is -2.39. The molecule has 0 radical (unpaired) electrons. The van der Waals surface area contributed by atoms with Crippen LogP contribution in [0.1, 0.15) is 37.7 Å². The zero-order valence-electron chi connectivity index (χ0n) is 10.5. The van der Waals surface area contributed by atoms with Gasteiger partial charge in [0.1, 0.15) is 10.2 Å². The number of ketones is 1. The van der Waals surface area contributed by atoms with Crippen LogP contribution in [0.25, 0.3) is 5.76 Å². The molecule has 0 aromatic heterocycles. The standard InChI is InChI=1S/C15H15BrO2S/c16-12-13(10-4-6-11(19)7-5-10)18-15(14(12)17)8-2-1-3-9-15/h4-7,19H,1-3,8-9H2. The maximum absolute atomic E-state index is 12.5. The highest BCUT2D eigenvalue weighted by atomic mass is 79.9. The maximum atomic E-state index is 12.5. The average Bonchev–Trinajstić information content (AvgIpc) is 2.67. The van der Waals surface area contributed by atoms with Gasteiger partial charge in [0.25, 0.3) is 0 Å². The van der Waals surface area contributed by atoms with E-state index in [1.165, 1.54) is 6.42 Å². The summed E-state index contributed by atoms with van der Waals surface area (Å²) in [6, 6.07) is 7.69. The third-order valence-corrected chi connectivity index (χ3v) is 4.92. The van der Waals surface area contributed by atoms with E-state index in [0.717, 1.165) is 36.1 Å². The number of benzene rings is 1. The van der Waals surface area contributed by atoms with Crippen molar-refractivity contribution in [3.63, 3.8) is 0 Å². The van der Waals surface area contributed by atoms with E-state index in [2.05, 4.69) is 28.6 Å². The third kappa shape index (κ3) is 2.25. The molecule has 0 unspecified atom stereocenters. The van der Waals surface area contributed by atoms with Crippen molar-refractivity contribution < 1.29 is 9.53 Å². The van der Waals surface area contributed by atoms with Crippen LogP contribution in [0.2, 0.25) is 0 Å². The summed E-state index contributed by atoms with van der Waals surface area (Å²) >= 11 is 7.70. The highest BCUT2D eigenvalue weighted by Crippen LogP contribution is 2.46. The summed E-state index contributed by atoms with van der Waals surface area (Å²) in [6.07, 6.45) is 4.98. The first-order valence-corrected chi connectivity index (χ1v) is 7.79. The van der Waals surface area contributed by atoms with Crippen molar-refractivity contribution in [2.45, 2.75) is 42.6 Å². The van der Waals surface area contributed by atoms with Crippen LogP contribution < -0.4 is 0 Å². The first-order valence-electron chi connectivity index (χ1n) is 6.55. The summed E-state index contributed by atoms with van der Waals surface area (Å²) in [4.78, 5) is 13.4. The molecule has 1 fully saturated rings. The molecule has 0 bridgehead atoms. The highest BCUT2D eigenvalue weighted by molar-refractivity contribution is 9.12. The molecule has 1 aliphatic heterocycles. The van der Waals surface area contributed by atoms with Gasteiger partial charge in [-0.25, -0.2) is 0 Å². The summed E-state index contributed by atoms with van der Waals surface area (Å²) in [5.74, 6) is 0.789. The van der Waals surface area contributed by atoms with Gasteiger partial charge in [-0.05, 0) is 53.7 Å². The smallest absolute Gasteiger partial charge is 0.217 e. The van der Waals surface area contributed by atoms with Crippen LogP contribution in [0.15, 0.2) is 33.6 Å². The van der Waals surface area contributed by atoms with Gasteiger partial charge in [-0.1, -0.05) is 18.6 Å². The fourth-order valence-corrected chi connectivity index (χ4v) is 3.66. The molecule has 2 nitrogen and oxygen atoms in total. The van der Waals surface area contributed by atoms with Gasteiger partial charge in [0.15, 0.2) is 5.60 Å². The molecule has 0 atom stereocenters. The van der Waals surface area contributed by atoms with Gasteiger partial charge in [-0.15, -0.1) is 12.6 Å². The molecular weight excluding hydrogens is 324 g/mol. The second kappa shape index (κ2) is 4.98. The molecule has 1 aliphatic carbocycles. The molecule has 4 heteroatoms. The van der Waals surface area contributed by atoms with Crippen LogP contribution in [-0.2, 0) is 9.53 Å². The summed E-state index contributed by atoms with van der Waals surface area (Å²) in [6.45, 7) is 0. The van der Waals surface area contributed by atoms with Gasteiger partial charge >= 0.3 is 0 Å². The van der Waals surface area contributed by atoms with Crippen LogP contribution in [-0.4, -0.2) is 11.4 Å². The predicted molar refractivity (Wildman–Crippen MR) is 81.4 cm³/mol. The van der Waals surface area contributed by atoms with Crippen molar-refractivity contribution in [1.29, 1.82) is 0 Å². The first-order chi connectivity index (χ1) is 9.12. The number of halogens is 1. The molecule has 1 aromatic rings. The van der Waals surface area contributed by atoms with E-state index in [0.29, 0.717) is 10.2 Å². The van der Waals surface area contributed by atoms with Gasteiger partial charge < -0.3 is 4.74 Å². The van der Waals surface area contributed by atoms with E-state index in [1.54, 1.807) is 0 Å². The average molecular weight is 339 g/mol. The van der Waals surface area contributed by atoms with E-state index < -0.39 is 5.60 Å². The maximum Gasteiger partial charge on any atom is 0.217 e. The molecule has 1 saturated carbocycles. The predicted octanol–water partition coefficient (Wildman–Crippen LogP) is 4.34. The summed E-state index contributed by atoms with van der Waals surface area (Å²) in [5, 5.41) is 0. The lowest BCUT2D eigenvalue weighted by molar-refractivity contribution is -0.131. The molecule has 1 heterocycles. The largest absolute Gasteiger partial charge is 0.477 e. The Bertz CT molecular complexity index is 542. The molecule has 19 heavy (non-hydrogen) atoms. The SMILES string of the molecule is O=C1C(Br)=C(c2ccc(S)cc2)OC12CCCCC2. The van der Waals surface area contributed by atoms with Crippen LogP contribution in [0.3, 0.4) is 0 Å². The molecule has 0 N–H and O–H groups in total. The number of carbonyl (C=O) groups is 1. The zero-order chi connectivity index (χ0) is 13.5. The Balaban J connectivity index is 1.94. The number of hydrogen-bond donors (Lipinski definition) is 1. The zero-order valence-corrected chi connectivity index (χ0v) is 13.0. The number of hydrogen-bond acceptors (Lipinski definition) is 3. The minimum absolute atomic E-state index is 0.108. The van der Waals surface area contributed by atoms with Crippen molar-refractivity contribution in [3.8, 4) is 0 Å². The van der Waals surface area contributed by atoms with Crippen molar-refractivity contribution in [1.82, 2.24) is 0 Å². The normalized spacial score (nSPS) is 21.9. The first kappa shape index (κ1) is 13.3. The van der Waals surface area contributed by atoms with E-state index in [4.69, 9.17) is 4.74 Å². The number of ether oxygens (including phenoxy) is 1. The van der Waals surface area contributed by atoms with E-state index in [-0.39, 0.29) is 5.78 Å². The second-order valence-corrected chi connectivity index (χ2v) is 6.49. The monoisotopic (exact) mass is 338 g/mol. The van der Waals surface area contributed by atoms with Gasteiger partial charge in [0.2, 0.25) is 5.78 Å². The molecule has 100 valence electrons. The molecule has 0 saturated heterocycles. The topological polar surface area (TPSA) is 26.3 Å². The van der Waals surface area contributed by atoms with Gasteiger partial charge in [-0.3, -0.25) is 4.79 Å². The summed E-state index contributed by atoms with van der Waals surface area (Å²) in [5.41, 5.74) is 0.326. The summed E-state index contributed by atoms with van der Waals surface area (Å²) in [7, 11) is 0. The molecule has 1 aromatic carbocycles. The fourth-order valence-electron chi connectivity index (χ4n) is 2.84. The Morgan fingerprint density at radius 1 is 1.11 bits per heavy atom. The lowest BCUT2D eigenvalue weighted by Gasteiger charge is -2.31. The van der Waals surface area contributed by atoms with Gasteiger partial charge in [-0.2, -0.15) is 0 Å². The molecule has 0 amide bonds. The molecular formula is C15H15BrO2S. The fraction of sp³-hybridized carbons (Fsp3) is 0.400. The van der Waals surface area contributed by atoms with E-state index in [9.17, 15) is 4.79 Å². The van der Waals surface area contributed by atoms with Crippen molar-refractivity contribution >= 4 is 40.1 Å². The molecule has 2 aliphatic rings. The highest BCUT2D eigenvalue weighted by Gasteiger charge is 2.49. The summed E-state index contributed by atoms with van der Waals surface area (Å²) < 4.78 is 6.68. The third-order valence-electron chi connectivity index (χ3n) is 3.90. The Labute approximate surface area is 126 Å². The Hall–Kier alpha value is -0.740. The Morgan fingerprint density at radius 2 is 1.74 bits per heavy atom. The van der Waals surface area contributed by atoms with Crippen molar-refractivity contribution in [2.75, 3.05) is 0 Å². The van der Waals surface area contributed by atoms with E-state index >= 15 is 0 Å². The van der Waals surface area contributed by atoms with Crippen molar-refractivity contribution in [3.05, 3.63) is 34.3 Å². The molecule has 1 spiro atoms. The van der Waals surface area contributed by atoms with Crippen LogP contribution in [0, 0.1) is 0 Å². The van der Waals surface area contributed by atoms with Gasteiger partial charge in [0, 0.05) is 10.5 Å². The Morgan fingerprint density at radius 3 is 2.37 bits per heavy atom. The minimum atomic E-state index is -0.605. The molecule has 3 rings (SSSR count). The van der Waals surface area contributed by atoms with Crippen LogP contribution >= 0.6 is 28.6 Å². The Kier molecular flexibility index (Phi) is 3.48. The van der Waals surface area contributed by atoms with Crippen molar-refractivity contribution in [2.24, 2.45) is 0 Å². The quantitative estimate of drug-likeness (QED) is 0.771.